The summed E-state index contributed by atoms with van der Waals surface area (Å²) in [6.45, 7) is 0. The first-order chi connectivity index (χ1) is 7.68. The first-order valence-electron chi connectivity index (χ1n) is 6.25. The maximum Gasteiger partial charge on any atom is 0.246 e. The van der Waals surface area contributed by atoms with E-state index < -0.39 is 0 Å². The fraction of sp³-hybridized carbons (Fsp3) is 0.833. The largest absolute Gasteiger partial charge is 0.303 e. The van der Waals surface area contributed by atoms with E-state index in [9.17, 15) is 9.59 Å². The van der Waals surface area contributed by atoms with Crippen LogP contribution in [0.1, 0.15) is 44.9 Å². The zero-order valence-electron chi connectivity index (χ0n) is 9.87. The average Bonchev–Trinajstić information content (AvgIpc) is 2.53. The van der Waals surface area contributed by atoms with Crippen LogP contribution in [0.5, 0.6) is 0 Å². The van der Waals surface area contributed by atoms with Crippen molar-refractivity contribution in [2.45, 2.75) is 57.0 Å². The van der Waals surface area contributed by atoms with Gasteiger partial charge in [0, 0.05) is 13.1 Å². The molecule has 1 atom stereocenters. The van der Waals surface area contributed by atoms with Crippen LogP contribution < -0.4 is 5.32 Å². The molecule has 0 aromatic rings. The van der Waals surface area contributed by atoms with E-state index in [1.54, 1.807) is 7.05 Å². The monoisotopic (exact) mass is 224 g/mol. The van der Waals surface area contributed by atoms with Crippen LogP contribution in [0, 0.1) is 0 Å². The van der Waals surface area contributed by atoms with Crippen molar-refractivity contribution < 1.29 is 9.59 Å². The van der Waals surface area contributed by atoms with Crippen molar-refractivity contribution >= 4 is 11.8 Å². The van der Waals surface area contributed by atoms with Crippen LogP contribution in [0.25, 0.3) is 0 Å². The molecule has 1 saturated heterocycles. The van der Waals surface area contributed by atoms with Crippen LogP contribution >= 0.6 is 0 Å². The fourth-order valence-corrected chi connectivity index (χ4v) is 2.62. The molecular weight excluding hydrogens is 204 g/mol. The van der Waals surface area contributed by atoms with Crippen molar-refractivity contribution in [3.8, 4) is 0 Å². The molecule has 2 fully saturated rings. The maximum absolute atomic E-state index is 11.7. The molecule has 1 heterocycles. The van der Waals surface area contributed by atoms with E-state index >= 15 is 0 Å². The molecule has 1 aliphatic heterocycles. The Kier molecular flexibility index (Phi) is 3.59. The van der Waals surface area contributed by atoms with Crippen LogP contribution in [-0.2, 0) is 9.59 Å². The maximum atomic E-state index is 11.7. The summed E-state index contributed by atoms with van der Waals surface area (Å²) in [6.07, 6.45) is 7.70. The molecule has 0 aromatic carbocycles. The highest BCUT2D eigenvalue weighted by Gasteiger charge is 2.36. The van der Waals surface area contributed by atoms with Gasteiger partial charge in [0.05, 0.1) is 12.5 Å². The molecule has 0 radical (unpaired) electrons. The van der Waals surface area contributed by atoms with Gasteiger partial charge in [-0.3, -0.25) is 14.5 Å². The van der Waals surface area contributed by atoms with E-state index in [1.165, 1.54) is 30.6 Å². The lowest BCUT2D eigenvalue weighted by atomic mass is 10.1. The summed E-state index contributed by atoms with van der Waals surface area (Å²) >= 11 is 0. The van der Waals surface area contributed by atoms with Crippen LogP contribution in [0.2, 0.25) is 0 Å². The smallest absolute Gasteiger partial charge is 0.246 e. The van der Waals surface area contributed by atoms with E-state index in [1.807, 2.05) is 0 Å². The third kappa shape index (κ3) is 2.43. The number of nitrogens with one attached hydrogen (secondary N) is 1. The molecule has 1 unspecified atom stereocenters. The van der Waals surface area contributed by atoms with Gasteiger partial charge >= 0.3 is 0 Å². The van der Waals surface area contributed by atoms with Crippen molar-refractivity contribution in [3.05, 3.63) is 0 Å². The number of imide groups is 1. The minimum Gasteiger partial charge on any atom is -0.303 e. The number of nitrogens with zero attached hydrogens (tertiary/aromatic N) is 1. The highest BCUT2D eigenvalue weighted by atomic mass is 16.2. The van der Waals surface area contributed by atoms with Crippen LogP contribution in [0.3, 0.4) is 0 Å². The average molecular weight is 224 g/mol. The number of likely N-dealkylation sites (tertiary alicyclic amines) is 1. The molecule has 4 nitrogen and oxygen atoms in total. The van der Waals surface area contributed by atoms with E-state index in [4.69, 9.17) is 0 Å². The summed E-state index contributed by atoms with van der Waals surface area (Å²) in [5.74, 6) is -0.120. The molecule has 0 aromatic heterocycles. The summed E-state index contributed by atoms with van der Waals surface area (Å²) in [6, 6.07) is 0.163. The van der Waals surface area contributed by atoms with Crippen LogP contribution in [0.4, 0.5) is 0 Å². The predicted molar refractivity (Wildman–Crippen MR) is 60.8 cm³/mol. The Labute approximate surface area is 96.4 Å². The second-order valence-electron chi connectivity index (χ2n) is 4.90. The predicted octanol–water partition coefficient (Wildman–Crippen LogP) is 1.06. The summed E-state index contributed by atoms with van der Waals surface area (Å²) < 4.78 is 0. The molecule has 1 saturated carbocycles. The Bertz CT molecular complexity index is 283. The zero-order chi connectivity index (χ0) is 11.5. The molecule has 90 valence electrons. The Morgan fingerprint density at radius 3 is 2.25 bits per heavy atom. The van der Waals surface area contributed by atoms with E-state index in [-0.39, 0.29) is 17.9 Å². The summed E-state index contributed by atoms with van der Waals surface area (Å²) in [4.78, 5) is 24.3. The molecule has 1 aliphatic carbocycles. The summed E-state index contributed by atoms with van der Waals surface area (Å²) in [5, 5.41) is 3.36. The second-order valence-corrected chi connectivity index (χ2v) is 4.90. The lowest BCUT2D eigenvalue weighted by molar-refractivity contribution is -0.137. The van der Waals surface area contributed by atoms with E-state index in [0.717, 1.165) is 12.8 Å². The molecular formula is C12H20N2O2. The van der Waals surface area contributed by atoms with Crippen LogP contribution in [-0.4, -0.2) is 35.8 Å². The number of amides is 2. The second kappa shape index (κ2) is 4.95. The minimum atomic E-state index is -0.263. The Morgan fingerprint density at radius 1 is 1.12 bits per heavy atom. The van der Waals surface area contributed by atoms with Gasteiger partial charge in [0.15, 0.2) is 0 Å². The van der Waals surface area contributed by atoms with Gasteiger partial charge in [-0.05, 0) is 12.8 Å². The number of rotatable bonds is 2. The number of carbonyl (C=O) groups is 2. The van der Waals surface area contributed by atoms with E-state index in [0.29, 0.717) is 12.5 Å². The highest BCUT2D eigenvalue weighted by Crippen LogP contribution is 2.19. The van der Waals surface area contributed by atoms with Gasteiger partial charge < -0.3 is 5.32 Å². The molecule has 4 heteroatoms. The fourth-order valence-electron chi connectivity index (χ4n) is 2.62. The highest BCUT2D eigenvalue weighted by molar-refractivity contribution is 6.05. The molecule has 2 amide bonds. The van der Waals surface area contributed by atoms with Crippen molar-refractivity contribution in [2.24, 2.45) is 0 Å². The molecule has 2 rings (SSSR count). The van der Waals surface area contributed by atoms with Crippen molar-refractivity contribution in [1.82, 2.24) is 10.2 Å². The summed E-state index contributed by atoms with van der Waals surface area (Å²) in [5.41, 5.74) is 0. The normalized spacial score (nSPS) is 28.6. The lowest BCUT2D eigenvalue weighted by Gasteiger charge is -2.19. The van der Waals surface area contributed by atoms with Crippen molar-refractivity contribution in [1.29, 1.82) is 0 Å². The Balaban J connectivity index is 1.89. The number of hydrogen-bond acceptors (Lipinski definition) is 3. The lowest BCUT2D eigenvalue weighted by Crippen LogP contribution is -2.42. The molecule has 2 aliphatic rings. The number of hydrogen-bond donors (Lipinski definition) is 1. The van der Waals surface area contributed by atoms with E-state index in [2.05, 4.69) is 5.32 Å². The van der Waals surface area contributed by atoms with Gasteiger partial charge in [-0.15, -0.1) is 0 Å². The zero-order valence-corrected chi connectivity index (χ0v) is 9.87. The number of carbonyl (C=O) groups excluding carboxylic acids is 2. The quantitative estimate of drug-likeness (QED) is 0.563. The molecule has 1 N–H and O–H groups in total. The van der Waals surface area contributed by atoms with Gasteiger partial charge in [0.1, 0.15) is 0 Å². The number of likely N-dealkylation sites (N-methyl/N-ethyl adjacent to an activating group) is 1. The standard InChI is InChI=1S/C12H20N2O2/c1-14-11(15)8-10(12(14)16)13-9-6-4-2-3-5-7-9/h9-10,13H,2-8H2,1H3. The third-order valence-corrected chi connectivity index (χ3v) is 3.67. The third-order valence-electron chi connectivity index (χ3n) is 3.67. The minimum absolute atomic E-state index is 0.0591. The SMILES string of the molecule is CN1C(=O)CC(NC2CCCCCC2)C1=O. The first kappa shape index (κ1) is 11.6. The summed E-state index contributed by atoms with van der Waals surface area (Å²) in [7, 11) is 1.57. The van der Waals surface area contributed by atoms with Crippen molar-refractivity contribution in [2.75, 3.05) is 7.05 Å². The van der Waals surface area contributed by atoms with Crippen LogP contribution in [0.15, 0.2) is 0 Å². The molecule has 0 spiro atoms. The van der Waals surface area contributed by atoms with Gasteiger partial charge in [-0.2, -0.15) is 0 Å². The molecule has 0 bridgehead atoms. The van der Waals surface area contributed by atoms with Gasteiger partial charge in [0.25, 0.3) is 0 Å². The molecule has 16 heavy (non-hydrogen) atoms. The van der Waals surface area contributed by atoms with Gasteiger partial charge in [0.2, 0.25) is 11.8 Å². The topological polar surface area (TPSA) is 49.4 Å². The Morgan fingerprint density at radius 2 is 1.75 bits per heavy atom. The van der Waals surface area contributed by atoms with Gasteiger partial charge in [-0.1, -0.05) is 25.7 Å². The first-order valence-corrected chi connectivity index (χ1v) is 6.25. The Hall–Kier alpha value is -0.900. The van der Waals surface area contributed by atoms with Crippen molar-refractivity contribution in [3.63, 3.8) is 0 Å². The van der Waals surface area contributed by atoms with Gasteiger partial charge in [-0.25, -0.2) is 0 Å².